The third-order valence-corrected chi connectivity index (χ3v) is 6.47. The number of amides is 2. The van der Waals surface area contributed by atoms with E-state index >= 15 is 0 Å². The monoisotopic (exact) mass is 458 g/mol. The van der Waals surface area contributed by atoms with Crippen LogP contribution in [0.4, 0.5) is 10.1 Å². The van der Waals surface area contributed by atoms with Crippen LogP contribution >= 0.6 is 22.9 Å². The number of hydrogen-bond acceptors (Lipinski definition) is 5. The van der Waals surface area contributed by atoms with Gasteiger partial charge in [0.1, 0.15) is 10.8 Å². The van der Waals surface area contributed by atoms with Crippen molar-refractivity contribution in [2.24, 2.45) is 0 Å². The molecule has 2 amide bonds. The van der Waals surface area contributed by atoms with Crippen LogP contribution in [0.5, 0.6) is 0 Å². The van der Waals surface area contributed by atoms with E-state index in [-0.39, 0.29) is 35.0 Å². The van der Waals surface area contributed by atoms with Gasteiger partial charge >= 0.3 is 0 Å². The van der Waals surface area contributed by atoms with Crippen LogP contribution < -0.4 is 5.32 Å². The van der Waals surface area contributed by atoms with Gasteiger partial charge in [0.05, 0.1) is 6.42 Å². The highest BCUT2D eigenvalue weighted by Gasteiger charge is 2.28. The first-order chi connectivity index (χ1) is 15.0. The number of nitrogens with zero attached hydrogens (tertiary/aromatic N) is 3. The summed E-state index contributed by atoms with van der Waals surface area (Å²) in [6.45, 7) is 1.21. The van der Waals surface area contributed by atoms with Crippen molar-refractivity contribution in [3.8, 4) is 0 Å². The van der Waals surface area contributed by atoms with Crippen LogP contribution in [0.25, 0.3) is 0 Å². The number of anilines is 1. The van der Waals surface area contributed by atoms with Crippen molar-refractivity contribution in [2.75, 3.05) is 18.4 Å². The zero-order valence-electron chi connectivity index (χ0n) is 16.6. The second-order valence-electron chi connectivity index (χ2n) is 7.39. The number of piperidine rings is 1. The van der Waals surface area contributed by atoms with Crippen LogP contribution in [0.1, 0.15) is 39.1 Å². The molecule has 0 radical (unpaired) electrons. The molecule has 9 heteroatoms. The van der Waals surface area contributed by atoms with Crippen LogP contribution in [0.2, 0.25) is 5.02 Å². The number of hydrogen-bond donors (Lipinski definition) is 1. The average molecular weight is 459 g/mol. The highest BCUT2D eigenvalue weighted by Crippen LogP contribution is 2.30. The van der Waals surface area contributed by atoms with Gasteiger partial charge in [-0.3, -0.25) is 9.59 Å². The second-order valence-corrected chi connectivity index (χ2v) is 8.83. The maximum Gasteiger partial charge on any atom is 0.286 e. The first-order valence-corrected chi connectivity index (χ1v) is 11.1. The molecular weight excluding hydrogens is 439 g/mol. The minimum absolute atomic E-state index is 0.00142. The average Bonchev–Trinajstić information content (AvgIpc) is 3.28. The predicted molar refractivity (Wildman–Crippen MR) is 118 cm³/mol. The summed E-state index contributed by atoms with van der Waals surface area (Å²) < 4.78 is 13.1. The summed E-state index contributed by atoms with van der Waals surface area (Å²) in [7, 11) is 0. The fourth-order valence-electron chi connectivity index (χ4n) is 3.50. The van der Waals surface area contributed by atoms with E-state index < -0.39 is 0 Å². The molecule has 0 spiro atoms. The van der Waals surface area contributed by atoms with Gasteiger partial charge < -0.3 is 10.2 Å². The Morgan fingerprint density at radius 2 is 1.87 bits per heavy atom. The van der Waals surface area contributed by atoms with Crippen LogP contribution in [-0.4, -0.2) is 40.0 Å². The lowest BCUT2D eigenvalue weighted by atomic mass is 9.98. The van der Waals surface area contributed by atoms with Crippen molar-refractivity contribution < 1.29 is 14.0 Å². The van der Waals surface area contributed by atoms with Crippen LogP contribution in [0.15, 0.2) is 48.5 Å². The molecule has 1 saturated heterocycles. The molecule has 3 aromatic rings. The maximum atomic E-state index is 13.1. The van der Waals surface area contributed by atoms with E-state index in [1.54, 1.807) is 36.4 Å². The number of benzene rings is 2. The van der Waals surface area contributed by atoms with Crippen molar-refractivity contribution in [3.05, 3.63) is 74.9 Å². The Hall–Kier alpha value is -2.84. The van der Waals surface area contributed by atoms with E-state index in [1.807, 2.05) is 4.90 Å². The zero-order chi connectivity index (χ0) is 21.8. The quantitative estimate of drug-likeness (QED) is 0.609. The lowest BCUT2D eigenvalue weighted by molar-refractivity contribution is -0.131. The SMILES string of the molecule is O=C(Nc1ccc(Cl)cc1)c1nnc([C@@H]2CCCN(C(=O)Cc3ccc(F)cc3)C2)s1. The Balaban J connectivity index is 1.37. The molecule has 1 aliphatic rings. The number of halogens is 2. The summed E-state index contributed by atoms with van der Waals surface area (Å²) in [5, 5.41) is 12.7. The molecule has 0 unspecified atom stereocenters. The first kappa shape index (κ1) is 21.4. The van der Waals surface area contributed by atoms with Crippen molar-refractivity contribution in [1.82, 2.24) is 15.1 Å². The van der Waals surface area contributed by atoms with E-state index in [1.165, 1.54) is 23.5 Å². The molecule has 160 valence electrons. The van der Waals surface area contributed by atoms with Gasteiger partial charge in [0.2, 0.25) is 10.9 Å². The van der Waals surface area contributed by atoms with Crippen molar-refractivity contribution >= 4 is 40.4 Å². The number of nitrogens with one attached hydrogen (secondary N) is 1. The zero-order valence-corrected chi connectivity index (χ0v) is 18.1. The Kier molecular flexibility index (Phi) is 6.58. The van der Waals surface area contributed by atoms with Crippen molar-refractivity contribution in [1.29, 1.82) is 0 Å². The van der Waals surface area contributed by atoms with Gasteiger partial charge in [-0.25, -0.2) is 4.39 Å². The van der Waals surface area contributed by atoms with Gasteiger partial charge in [-0.15, -0.1) is 10.2 Å². The van der Waals surface area contributed by atoms with Crippen LogP contribution in [0.3, 0.4) is 0 Å². The molecule has 1 aliphatic heterocycles. The van der Waals surface area contributed by atoms with Gasteiger partial charge in [-0.2, -0.15) is 0 Å². The largest absolute Gasteiger partial charge is 0.342 e. The normalized spacial score (nSPS) is 16.2. The fraction of sp³-hybridized carbons (Fsp3) is 0.273. The molecule has 1 N–H and O–H groups in total. The minimum Gasteiger partial charge on any atom is -0.342 e. The van der Waals surface area contributed by atoms with E-state index in [4.69, 9.17) is 11.6 Å². The fourth-order valence-corrected chi connectivity index (χ4v) is 4.49. The number of carbonyl (C=O) groups is 2. The molecular formula is C22H20ClFN4O2S. The summed E-state index contributed by atoms with van der Waals surface area (Å²) in [5.74, 6) is -0.602. The number of carbonyl (C=O) groups excluding carboxylic acids is 2. The standard InChI is InChI=1S/C22H20ClFN4O2S/c23-16-5-9-18(10-6-16)25-20(30)22-27-26-21(31-22)15-2-1-11-28(13-15)19(29)12-14-3-7-17(24)8-4-14/h3-10,15H,1-2,11-13H2,(H,25,30)/t15-/m1/s1. The highest BCUT2D eigenvalue weighted by molar-refractivity contribution is 7.13. The van der Waals surface area contributed by atoms with Gasteiger partial charge in [0.15, 0.2) is 0 Å². The molecule has 0 saturated carbocycles. The van der Waals surface area contributed by atoms with Gasteiger partial charge in [-0.05, 0) is 54.8 Å². The van der Waals surface area contributed by atoms with E-state index in [2.05, 4.69) is 15.5 Å². The molecule has 1 aromatic heterocycles. The van der Waals surface area contributed by atoms with Gasteiger partial charge in [-0.1, -0.05) is 35.1 Å². The van der Waals surface area contributed by atoms with Crippen LogP contribution in [-0.2, 0) is 11.2 Å². The third kappa shape index (κ3) is 5.45. The van der Waals surface area contributed by atoms with Gasteiger partial charge in [0, 0.05) is 29.7 Å². The van der Waals surface area contributed by atoms with E-state index in [0.717, 1.165) is 23.4 Å². The summed E-state index contributed by atoms with van der Waals surface area (Å²) in [5.41, 5.74) is 1.41. The summed E-state index contributed by atoms with van der Waals surface area (Å²) in [6.07, 6.45) is 1.97. The van der Waals surface area contributed by atoms with E-state index in [9.17, 15) is 14.0 Å². The Morgan fingerprint density at radius 3 is 2.61 bits per heavy atom. The van der Waals surface area contributed by atoms with Crippen LogP contribution in [0, 0.1) is 5.82 Å². The van der Waals surface area contributed by atoms with Crippen molar-refractivity contribution in [2.45, 2.75) is 25.2 Å². The molecule has 6 nitrogen and oxygen atoms in total. The predicted octanol–water partition coefficient (Wildman–Crippen LogP) is 4.53. The maximum absolute atomic E-state index is 13.1. The lowest BCUT2D eigenvalue weighted by Crippen LogP contribution is -2.39. The summed E-state index contributed by atoms with van der Waals surface area (Å²) in [4.78, 5) is 27.0. The Bertz CT molecular complexity index is 1070. The first-order valence-electron chi connectivity index (χ1n) is 9.90. The van der Waals surface area contributed by atoms with E-state index in [0.29, 0.717) is 23.8 Å². The Morgan fingerprint density at radius 1 is 1.13 bits per heavy atom. The summed E-state index contributed by atoms with van der Waals surface area (Å²) in [6, 6.07) is 12.8. The third-order valence-electron chi connectivity index (χ3n) is 5.13. The molecule has 31 heavy (non-hydrogen) atoms. The molecule has 0 aliphatic carbocycles. The van der Waals surface area contributed by atoms with Crippen molar-refractivity contribution in [3.63, 3.8) is 0 Å². The molecule has 4 rings (SSSR count). The smallest absolute Gasteiger partial charge is 0.286 e. The Labute approximate surface area is 188 Å². The van der Waals surface area contributed by atoms with Gasteiger partial charge in [0.25, 0.3) is 5.91 Å². The highest BCUT2D eigenvalue weighted by atomic mass is 35.5. The number of rotatable bonds is 5. The molecule has 2 aromatic carbocycles. The summed E-state index contributed by atoms with van der Waals surface area (Å²) >= 11 is 7.11. The molecule has 1 fully saturated rings. The molecule has 0 bridgehead atoms. The number of likely N-dealkylation sites (tertiary alicyclic amines) is 1. The number of aromatic nitrogens is 2. The molecule has 2 heterocycles. The lowest BCUT2D eigenvalue weighted by Gasteiger charge is -2.31. The second kappa shape index (κ2) is 9.53. The molecule has 1 atom stereocenters. The minimum atomic E-state index is -0.328. The topological polar surface area (TPSA) is 75.2 Å².